The van der Waals surface area contributed by atoms with Crippen LogP contribution in [0.15, 0.2) is 42.7 Å². The molecule has 0 aliphatic carbocycles. The highest BCUT2D eigenvalue weighted by atomic mass is 35.5. The molecule has 4 aromatic rings. The molecule has 0 radical (unpaired) electrons. The Labute approximate surface area is 456 Å². The Morgan fingerprint density at radius 2 is 1.23 bits per heavy atom. The van der Waals surface area contributed by atoms with Crippen LogP contribution in [0, 0.1) is 23.3 Å². The Morgan fingerprint density at radius 3 is 1.79 bits per heavy atom. The van der Waals surface area contributed by atoms with Gasteiger partial charge in [-0.3, -0.25) is 14.6 Å². The molecule has 78 heavy (non-hydrogen) atoms. The summed E-state index contributed by atoms with van der Waals surface area (Å²) in [7, 11) is 0. The van der Waals surface area contributed by atoms with Crippen LogP contribution in [0.25, 0.3) is 11.0 Å². The first kappa shape index (κ1) is 62.1. The number of fused-ring (bicyclic) bond motifs is 3. The van der Waals surface area contributed by atoms with Crippen molar-refractivity contribution < 1.29 is 79.3 Å². The first-order chi connectivity index (χ1) is 37.7. The average molecular weight is 1130 g/mol. The van der Waals surface area contributed by atoms with E-state index in [0.29, 0.717) is 143 Å². The topological polar surface area (TPSA) is 205 Å². The van der Waals surface area contributed by atoms with Crippen molar-refractivity contribution in [1.82, 2.24) is 30.1 Å². The van der Waals surface area contributed by atoms with Crippen molar-refractivity contribution >= 4 is 46.3 Å². The van der Waals surface area contributed by atoms with Gasteiger partial charge in [-0.1, -0.05) is 11.6 Å². The molecular formula is C53H72ClF4N7O13. The summed E-state index contributed by atoms with van der Waals surface area (Å²) in [6.07, 6.45) is 4.30. The molecule has 432 valence electrons. The summed E-state index contributed by atoms with van der Waals surface area (Å²) in [6.45, 7) is 15.6. The number of rotatable bonds is 38. The second-order valence-electron chi connectivity index (χ2n) is 19.1. The minimum atomic E-state index is -1.77. The second kappa shape index (κ2) is 32.2. The van der Waals surface area contributed by atoms with E-state index < -0.39 is 52.1 Å². The molecule has 6 rings (SSSR count). The highest BCUT2D eigenvalue weighted by Crippen LogP contribution is 2.48. The standard InChI is InChI=1S/C53H72ClF4N7O13/c1-52(2,3)78-51(68)63-36-53(37-63)39-8-10-61-34-44(39)65(50(53)67)35-45-62-42-32-38(54)6-7-43(42)64(45)15-4-5-16-69-18-20-71-22-24-73-26-28-75-30-31-76-29-27-74-25-23-72-21-19-70-17-14-60-13-12-59-11-9-46(66)77-49-47(57)40(55)33-41(56)48(49)58/h6-8,10,32-34,59-60H,4-5,9,11-31,35-37H2,1-3H3. The van der Waals surface area contributed by atoms with Crippen LogP contribution in [0.1, 0.15) is 51.4 Å². The number of nitrogens with one attached hydrogen (secondary N) is 2. The van der Waals surface area contributed by atoms with Crippen molar-refractivity contribution in [2.75, 3.05) is 150 Å². The van der Waals surface area contributed by atoms with E-state index in [0.717, 1.165) is 35.3 Å². The summed E-state index contributed by atoms with van der Waals surface area (Å²) in [5.41, 5.74) is 1.72. The van der Waals surface area contributed by atoms with Crippen molar-refractivity contribution in [2.45, 2.75) is 64.1 Å². The number of imidazole rings is 1. The smallest absolute Gasteiger partial charge is 0.410 e. The molecule has 2 aliphatic heterocycles. The summed E-state index contributed by atoms with van der Waals surface area (Å²) in [5, 5.41) is 6.65. The molecule has 2 aromatic heterocycles. The highest BCUT2D eigenvalue weighted by Gasteiger charge is 2.60. The van der Waals surface area contributed by atoms with Gasteiger partial charge in [0.1, 0.15) is 16.8 Å². The lowest BCUT2D eigenvalue weighted by Gasteiger charge is -2.46. The lowest BCUT2D eigenvalue weighted by Crippen LogP contribution is -2.65. The number of esters is 1. The van der Waals surface area contributed by atoms with Crippen LogP contribution in [-0.4, -0.2) is 188 Å². The van der Waals surface area contributed by atoms with Gasteiger partial charge in [-0.2, -0.15) is 8.78 Å². The van der Waals surface area contributed by atoms with Crippen LogP contribution in [-0.2, 0) is 70.7 Å². The van der Waals surface area contributed by atoms with Gasteiger partial charge in [-0.15, -0.1) is 0 Å². The molecule has 2 amide bonds. The number of amides is 2. The molecule has 2 N–H and O–H groups in total. The van der Waals surface area contributed by atoms with Gasteiger partial charge in [-0.25, -0.2) is 18.6 Å². The summed E-state index contributed by atoms with van der Waals surface area (Å²) in [4.78, 5) is 51.4. The number of carbonyl (C=O) groups is 3. The van der Waals surface area contributed by atoms with Crippen LogP contribution in [0.3, 0.4) is 0 Å². The number of pyridine rings is 1. The van der Waals surface area contributed by atoms with E-state index in [2.05, 4.69) is 24.9 Å². The van der Waals surface area contributed by atoms with E-state index in [9.17, 15) is 31.9 Å². The quantitative estimate of drug-likeness (QED) is 0.0180. The number of hydrogen-bond donors (Lipinski definition) is 2. The Morgan fingerprint density at radius 1 is 0.692 bits per heavy atom. The van der Waals surface area contributed by atoms with E-state index in [4.69, 9.17) is 59.2 Å². The van der Waals surface area contributed by atoms with Gasteiger partial charge in [0.05, 0.1) is 135 Å². The minimum Gasteiger partial charge on any atom is -0.444 e. The van der Waals surface area contributed by atoms with Gasteiger partial charge in [0.25, 0.3) is 0 Å². The fourth-order valence-corrected chi connectivity index (χ4v) is 8.53. The predicted octanol–water partition coefficient (Wildman–Crippen LogP) is 5.76. The third kappa shape index (κ3) is 19.0. The first-order valence-electron chi connectivity index (χ1n) is 26.1. The molecular weight excluding hydrogens is 1050 g/mol. The lowest BCUT2D eigenvalue weighted by atomic mass is 9.75. The van der Waals surface area contributed by atoms with E-state index in [1.165, 1.54) is 0 Å². The number of likely N-dealkylation sites (tertiary alicyclic amines) is 1. The number of anilines is 1. The number of aryl methyl sites for hydroxylation is 1. The fourth-order valence-electron chi connectivity index (χ4n) is 8.36. The van der Waals surface area contributed by atoms with Gasteiger partial charge in [0, 0.05) is 69.7 Å². The second-order valence-corrected chi connectivity index (χ2v) is 19.6. The molecule has 1 saturated heterocycles. The number of halogens is 5. The van der Waals surface area contributed by atoms with Crippen molar-refractivity contribution in [2.24, 2.45) is 0 Å². The maximum absolute atomic E-state index is 14.2. The predicted molar refractivity (Wildman–Crippen MR) is 278 cm³/mol. The minimum absolute atomic E-state index is 0.0349. The van der Waals surface area contributed by atoms with Crippen LogP contribution >= 0.6 is 11.6 Å². The Kier molecular flexibility index (Phi) is 25.6. The number of benzene rings is 2. The molecule has 0 saturated carbocycles. The van der Waals surface area contributed by atoms with Crippen molar-refractivity contribution in [3.05, 3.63) is 82.4 Å². The monoisotopic (exact) mass is 1130 g/mol. The molecule has 0 bridgehead atoms. The number of hydrogen-bond acceptors (Lipinski definition) is 17. The lowest BCUT2D eigenvalue weighted by molar-refractivity contribution is -0.134. The first-order valence-corrected chi connectivity index (χ1v) is 26.5. The molecule has 0 atom stereocenters. The van der Waals surface area contributed by atoms with E-state index in [1.54, 1.807) is 22.2 Å². The summed E-state index contributed by atoms with van der Waals surface area (Å²) in [6, 6.07) is 7.51. The number of ether oxygens (including phenoxy) is 10. The molecule has 2 aromatic carbocycles. The molecule has 20 nitrogen and oxygen atoms in total. The largest absolute Gasteiger partial charge is 0.444 e. The molecule has 0 unspecified atom stereocenters. The van der Waals surface area contributed by atoms with Crippen LogP contribution in [0.5, 0.6) is 5.75 Å². The van der Waals surface area contributed by atoms with Gasteiger partial charge < -0.3 is 72.4 Å². The zero-order valence-electron chi connectivity index (χ0n) is 44.6. The Bertz CT molecular complexity index is 2490. The molecule has 1 spiro atoms. The Balaban J connectivity index is 0.683. The SMILES string of the molecule is CC(C)(C)OC(=O)N1CC2(C1)C(=O)N(Cc1nc3cc(Cl)ccc3n1CCCCOCCOCCOCCOCCOCCOCCOCCOCCNCCNCCC(=O)Oc1c(F)c(F)cc(F)c1F)c1cnccc12. The van der Waals surface area contributed by atoms with E-state index in [1.807, 2.05) is 45.0 Å². The van der Waals surface area contributed by atoms with Crippen LogP contribution < -0.4 is 20.3 Å². The van der Waals surface area contributed by atoms with Gasteiger partial charge >= 0.3 is 12.1 Å². The maximum atomic E-state index is 14.2. The summed E-state index contributed by atoms with van der Waals surface area (Å²) < 4.78 is 111. The van der Waals surface area contributed by atoms with Crippen molar-refractivity contribution in [3.8, 4) is 5.75 Å². The Hall–Kier alpha value is -5.12. The van der Waals surface area contributed by atoms with Crippen LogP contribution in [0.2, 0.25) is 5.02 Å². The summed E-state index contributed by atoms with van der Waals surface area (Å²) >= 11 is 6.36. The zero-order valence-corrected chi connectivity index (χ0v) is 45.3. The number of nitrogens with zero attached hydrogens (tertiary/aromatic N) is 5. The molecule has 4 heterocycles. The third-order valence-electron chi connectivity index (χ3n) is 12.1. The number of carbonyl (C=O) groups excluding carboxylic acids is 3. The number of aromatic nitrogens is 3. The van der Waals surface area contributed by atoms with Crippen LogP contribution in [0.4, 0.5) is 28.0 Å². The summed E-state index contributed by atoms with van der Waals surface area (Å²) in [5.74, 6) is -8.66. The fraction of sp³-hybridized carbons (Fsp3) is 0.604. The number of unbranched alkanes of at least 4 members (excludes halogenated alkanes) is 1. The van der Waals surface area contributed by atoms with E-state index in [-0.39, 0.29) is 44.6 Å². The van der Waals surface area contributed by atoms with Gasteiger partial charge in [-0.05, 0) is 63.4 Å². The van der Waals surface area contributed by atoms with Crippen molar-refractivity contribution in [3.63, 3.8) is 0 Å². The third-order valence-corrected chi connectivity index (χ3v) is 12.4. The molecule has 2 aliphatic rings. The van der Waals surface area contributed by atoms with Gasteiger partial charge in [0.2, 0.25) is 23.3 Å². The average Bonchev–Trinajstić information content (AvgIpc) is 3.99. The normalized spacial score (nSPS) is 14.0. The molecule has 25 heteroatoms. The maximum Gasteiger partial charge on any atom is 0.410 e. The molecule has 1 fully saturated rings. The zero-order chi connectivity index (χ0) is 55.8. The van der Waals surface area contributed by atoms with E-state index >= 15 is 0 Å². The van der Waals surface area contributed by atoms with Crippen molar-refractivity contribution in [1.29, 1.82) is 0 Å². The highest BCUT2D eigenvalue weighted by molar-refractivity contribution is 6.31. The van der Waals surface area contributed by atoms with Gasteiger partial charge in [0.15, 0.2) is 11.6 Å².